The summed E-state index contributed by atoms with van der Waals surface area (Å²) in [5.74, 6) is -0.908. The summed E-state index contributed by atoms with van der Waals surface area (Å²) in [4.78, 5) is 17.0. The highest BCUT2D eigenvalue weighted by Crippen LogP contribution is 2.40. The Morgan fingerprint density at radius 1 is 0.603 bits per heavy atom. The zero-order valence-corrected chi connectivity index (χ0v) is 34.6. The van der Waals surface area contributed by atoms with Crippen LogP contribution >= 0.6 is 0 Å². The van der Waals surface area contributed by atoms with Crippen LogP contribution < -0.4 is 9.64 Å². The van der Waals surface area contributed by atoms with E-state index in [9.17, 15) is 20.4 Å². The van der Waals surface area contributed by atoms with Gasteiger partial charge in [-0.05, 0) is 112 Å². The van der Waals surface area contributed by atoms with Crippen molar-refractivity contribution in [1.29, 1.82) is 10.5 Å². The third-order valence-electron chi connectivity index (χ3n) is 10.4. The Labute approximate surface area is 367 Å². The molecule has 0 amide bonds. The minimum atomic E-state index is -1.57. The number of hydrogen-bond donors (Lipinski definition) is 1. The quantitative estimate of drug-likeness (QED) is 0.0409. The summed E-state index contributed by atoms with van der Waals surface area (Å²) in [6.07, 6.45) is 5.77. The van der Waals surface area contributed by atoms with Gasteiger partial charge in [0, 0.05) is 28.7 Å². The molecule has 0 saturated heterocycles. The van der Waals surface area contributed by atoms with E-state index in [4.69, 9.17) is 11.3 Å². The Morgan fingerprint density at radius 3 is 1.46 bits per heavy atom. The number of aryl methyl sites for hydroxylation is 1. The summed E-state index contributed by atoms with van der Waals surface area (Å²) in [6, 6.07) is 64.4. The summed E-state index contributed by atoms with van der Waals surface area (Å²) in [5, 5.41) is 28.8. The van der Waals surface area contributed by atoms with E-state index in [0.29, 0.717) is 11.3 Å². The van der Waals surface area contributed by atoms with Crippen LogP contribution in [0.15, 0.2) is 199 Å². The van der Waals surface area contributed by atoms with E-state index in [1.54, 1.807) is 19.2 Å². The number of hydrogen-bond acceptors (Lipinski definition) is 5. The summed E-state index contributed by atoms with van der Waals surface area (Å²) in [7, 11) is 1.66. The SMILES string of the molecule is [C-]#[N+]C(=C(/C#N)C(=O)O)/C(C#N)=C\c1ccc(N(c2ccc(C=C(c3ccccc3)c3ccccc3)c(C)c2)c2ccc(C=C(c3ccccc3)c3ccccc3)c(OC)c2)cc1. The summed E-state index contributed by atoms with van der Waals surface area (Å²) in [6.45, 7) is 9.63. The average Bonchev–Trinajstić information content (AvgIpc) is 3.33. The molecule has 7 rings (SSSR count). The normalized spacial score (nSPS) is 11.1. The number of aliphatic carboxylic acids is 1. The maximum Gasteiger partial charge on any atom is 0.335 e. The lowest BCUT2D eigenvalue weighted by Crippen LogP contribution is -2.11. The predicted octanol–water partition coefficient (Wildman–Crippen LogP) is 13.3. The molecule has 0 spiro atoms. The molecule has 0 atom stereocenters. The van der Waals surface area contributed by atoms with Gasteiger partial charge >= 0.3 is 5.97 Å². The molecule has 0 heterocycles. The van der Waals surface area contributed by atoms with Gasteiger partial charge in [0.2, 0.25) is 5.70 Å². The lowest BCUT2D eigenvalue weighted by Gasteiger charge is -2.27. The van der Waals surface area contributed by atoms with Crippen molar-refractivity contribution in [3.05, 3.63) is 255 Å². The molecule has 0 bridgehead atoms. The fourth-order valence-electron chi connectivity index (χ4n) is 7.31. The molecule has 7 nitrogen and oxygen atoms in total. The van der Waals surface area contributed by atoms with Crippen molar-refractivity contribution in [3.8, 4) is 17.9 Å². The Kier molecular flexibility index (Phi) is 13.3. The van der Waals surface area contributed by atoms with Crippen molar-refractivity contribution in [2.75, 3.05) is 12.0 Å². The molecule has 0 unspecified atom stereocenters. The molecule has 7 aromatic carbocycles. The molecule has 0 fully saturated rings. The number of nitrogens with zero attached hydrogens (tertiary/aromatic N) is 4. The second-order valence-electron chi connectivity index (χ2n) is 14.4. The Balaban J connectivity index is 1.36. The van der Waals surface area contributed by atoms with Crippen LogP contribution in [0.25, 0.3) is 34.2 Å². The van der Waals surface area contributed by atoms with Crippen LogP contribution in [0.3, 0.4) is 0 Å². The first-order chi connectivity index (χ1) is 30.8. The van der Waals surface area contributed by atoms with Gasteiger partial charge in [-0.2, -0.15) is 10.5 Å². The van der Waals surface area contributed by atoms with Crippen LogP contribution in [0.1, 0.15) is 44.5 Å². The highest BCUT2D eigenvalue weighted by Gasteiger charge is 2.20. The van der Waals surface area contributed by atoms with E-state index in [1.165, 1.54) is 12.1 Å². The lowest BCUT2D eigenvalue weighted by atomic mass is 9.94. The lowest BCUT2D eigenvalue weighted by molar-refractivity contribution is -0.132. The number of carboxylic acids is 1. The number of allylic oxidation sites excluding steroid dienone is 1. The minimum Gasteiger partial charge on any atom is -0.496 e. The molecule has 302 valence electrons. The summed E-state index contributed by atoms with van der Waals surface area (Å²) >= 11 is 0. The smallest absolute Gasteiger partial charge is 0.335 e. The second kappa shape index (κ2) is 19.9. The Bertz CT molecular complexity index is 2940. The van der Waals surface area contributed by atoms with Crippen molar-refractivity contribution in [2.45, 2.75) is 6.92 Å². The Morgan fingerprint density at radius 2 is 1.05 bits per heavy atom. The fraction of sp³-hybridized carbons (Fsp3) is 0.0357. The van der Waals surface area contributed by atoms with Gasteiger partial charge in [-0.1, -0.05) is 140 Å². The molecule has 0 aliphatic carbocycles. The van der Waals surface area contributed by atoms with Crippen LogP contribution in [-0.4, -0.2) is 18.2 Å². The maximum absolute atomic E-state index is 11.7. The topological polar surface area (TPSA) is 102 Å². The zero-order chi connectivity index (χ0) is 44.1. The van der Waals surface area contributed by atoms with E-state index < -0.39 is 17.2 Å². The van der Waals surface area contributed by atoms with Gasteiger partial charge in [-0.25, -0.2) is 9.64 Å². The highest BCUT2D eigenvalue weighted by atomic mass is 16.5. The van der Waals surface area contributed by atoms with Gasteiger partial charge in [-0.15, -0.1) is 0 Å². The molecule has 63 heavy (non-hydrogen) atoms. The molecule has 0 radical (unpaired) electrons. The molecule has 0 aliphatic rings. The average molecular weight is 817 g/mol. The molecular formula is C56H40N4O3. The molecule has 0 saturated carbocycles. The van der Waals surface area contributed by atoms with Crippen LogP contribution in [0.4, 0.5) is 17.1 Å². The number of methoxy groups -OCH3 is 1. The van der Waals surface area contributed by atoms with Gasteiger partial charge in [0.1, 0.15) is 11.3 Å². The number of ether oxygens (including phenoxy) is 1. The maximum atomic E-state index is 11.7. The van der Waals surface area contributed by atoms with Gasteiger partial charge in [0.25, 0.3) is 0 Å². The largest absolute Gasteiger partial charge is 0.496 e. The van der Waals surface area contributed by atoms with E-state index in [0.717, 1.165) is 67.2 Å². The molecule has 7 heteroatoms. The van der Waals surface area contributed by atoms with Gasteiger partial charge < -0.3 is 14.7 Å². The first-order valence-electron chi connectivity index (χ1n) is 20.0. The van der Waals surface area contributed by atoms with Crippen LogP contribution in [0.5, 0.6) is 5.75 Å². The standard InChI is InChI=1S/C56H40N4O3/c1-39-32-49(30-26-45(39)34-51(41-16-8-4-9-17-41)42-18-10-5-11-19-42)60(48-28-24-40(25-29-48)33-47(37-57)55(59-2)53(38-58)56(61)62)50-31-27-46(54(36-50)63-3)35-52(43-20-12-6-13-21-43)44-22-14-7-15-23-44/h4-36H,1,3H3,(H,61,62)/b47-33-,55-53-. The third kappa shape index (κ3) is 9.75. The minimum absolute atomic E-state index is 0.225. The predicted molar refractivity (Wildman–Crippen MR) is 253 cm³/mol. The zero-order valence-electron chi connectivity index (χ0n) is 34.6. The Hall–Kier alpha value is -8.96. The fourth-order valence-corrected chi connectivity index (χ4v) is 7.31. The second-order valence-corrected chi connectivity index (χ2v) is 14.4. The van der Waals surface area contributed by atoms with Crippen LogP contribution in [0.2, 0.25) is 0 Å². The van der Waals surface area contributed by atoms with E-state index in [1.807, 2.05) is 103 Å². The van der Waals surface area contributed by atoms with Gasteiger partial charge in [-0.3, -0.25) is 0 Å². The first-order valence-corrected chi connectivity index (χ1v) is 20.0. The number of anilines is 3. The highest BCUT2D eigenvalue weighted by molar-refractivity contribution is 5.95. The monoisotopic (exact) mass is 816 g/mol. The van der Waals surface area contributed by atoms with E-state index in [-0.39, 0.29) is 5.57 Å². The van der Waals surface area contributed by atoms with Gasteiger partial charge in [0.15, 0.2) is 0 Å². The molecule has 1 N–H and O–H groups in total. The number of benzene rings is 7. The van der Waals surface area contributed by atoms with Crippen LogP contribution in [0, 0.1) is 36.2 Å². The van der Waals surface area contributed by atoms with Crippen molar-refractivity contribution in [1.82, 2.24) is 0 Å². The molecule has 0 aliphatic heterocycles. The van der Waals surface area contributed by atoms with Crippen molar-refractivity contribution in [3.63, 3.8) is 0 Å². The molecule has 7 aromatic rings. The van der Waals surface area contributed by atoms with Crippen LogP contribution in [-0.2, 0) is 4.79 Å². The molecular weight excluding hydrogens is 777 g/mol. The number of carbonyl (C=O) groups is 1. The van der Waals surface area contributed by atoms with Crippen molar-refractivity contribution >= 4 is 52.4 Å². The van der Waals surface area contributed by atoms with Gasteiger partial charge in [0.05, 0.1) is 31.4 Å². The summed E-state index contributed by atoms with van der Waals surface area (Å²) in [5.41, 5.74) is 11.0. The van der Waals surface area contributed by atoms with Crippen molar-refractivity contribution < 1.29 is 14.6 Å². The van der Waals surface area contributed by atoms with E-state index >= 15 is 0 Å². The van der Waals surface area contributed by atoms with Crippen molar-refractivity contribution in [2.24, 2.45) is 0 Å². The number of carboxylic acid groups (broad SMARTS) is 1. The first kappa shape index (κ1) is 42.2. The van der Waals surface area contributed by atoms with E-state index in [2.05, 4.69) is 102 Å². The molecule has 0 aromatic heterocycles. The summed E-state index contributed by atoms with van der Waals surface area (Å²) < 4.78 is 6.09. The number of rotatable bonds is 13. The number of nitriles is 2. The third-order valence-corrected chi connectivity index (χ3v) is 10.4.